The van der Waals surface area contributed by atoms with E-state index in [0.29, 0.717) is 18.2 Å². The number of fused-ring (bicyclic) bond motifs is 1. The Kier molecular flexibility index (Phi) is 5.75. The molecule has 146 valence electrons. The van der Waals surface area contributed by atoms with Crippen LogP contribution in [0.25, 0.3) is 11.0 Å². The number of anilines is 1. The van der Waals surface area contributed by atoms with Gasteiger partial charge < -0.3 is 15.0 Å². The summed E-state index contributed by atoms with van der Waals surface area (Å²) in [5.74, 6) is 0. The maximum atomic E-state index is 12.2. The number of pyridine rings is 2. The molecule has 7 heteroatoms. The van der Waals surface area contributed by atoms with Gasteiger partial charge in [-0.2, -0.15) is 0 Å². The molecule has 1 aliphatic heterocycles. The molecule has 27 heavy (non-hydrogen) atoms. The third-order valence-corrected chi connectivity index (χ3v) is 4.75. The first-order valence-electron chi connectivity index (χ1n) is 9.46. The second-order valence-electron chi connectivity index (χ2n) is 7.90. The lowest BCUT2D eigenvalue weighted by Gasteiger charge is -2.34. The number of likely N-dealkylation sites (tertiary alicyclic amines) is 1. The number of halogens is 1. The van der Waals surface area contributed by atoms with Crippen molar-refractivity contribution >= 4 is 34.4 Å². The number of hydrogen-bond acceptors (Lipinski definition) is 5. The van der Waals surface area contributed by atoms with Gasteiger partial charge in [-0.25, -0.2) is 9.78 Å². The number of nitrogens with one attached hydrogen (secondary N) is 1. The zero-order valence-electron chi connectivity index (χ0n) is 16.4. The van der Waals surface area contributed by atoms with Crippen molar-refractivity contribution in [1.82, 2.24) is 14.9 Å². The fraction of sp³-hybridized carbons (Fsp3) is 0.550. The quantitative estimate of drug-likeness (QED) is 0.772. The van der Waals surface area contributed by atoms with Gasteiger partial charge in [0.1, 0.15) is 16.3 Å². The first-order chi connectivity index (χ1) is 12.7. The summed E-state index contributed by atoms with van der Waals surface area (Å²) >= 11 is 6.09. The molecule has 1 fully saturated rings. The zero-order chi connectivity index (χ0) is 19.6. The second kappa shape index (κ2) is 7.89. The normalized spacial score (nSPS) is 15.8. The van der Waals surface area contributed by atoms with Crippen molar-refractivity contribution in [2.45, 2.75) is 58.6 Å². The molecule has 3 heterocycles. The molecule has 0 atom stereocenters. The van der Waals surface area contributed by atoms with E-state index in [9.17, 15) is 4.79 Å². The van der Waals surface area contributed by atoms with Crippen LogP contribution in [0.3, 0.4) is 0 Å². The monoisotopic (exact) mass is 390 g/mol. The summed E-state index contributed by atoms with van der Waals surface area (Å²) in [6.45, 7) is 9.08. The Morgan fingerprint density at radius 2 is 2.00 bits per heavy atom. The number of carbonyl (C=O) groups excluding carboxylic acids is 1. The highest BCUT2D eigenvalue weighted by Gasteiger charge is 2.27. The van der Waals surface area contributed by atoms with E-state index in [0.717, 1.165) is 41.7 Å². The molecule has 1 amide bonds. The molecule has 0 aliphatic carbocycles. The van der Waals surface area contributed by atoms with Crippen molar-refractivity contribution in [1.29, 1.82) is 0 Å². The number of rotatable bonds is 3. The van der Waals surface area contributed by atoms with Crippen LogP contribution in [-0.4, -0.2) is 45.7 Å². The van der Waals surface area contributed by atoms with Gasteiger partial charge in [0.2, 0.25) is 0 Å². The Bertz CT molecular complexity index is 827. The molecule has 0 saturated carbocycles. The maximum Gasteiger partial charge on any atom is 0.410 e. The van der Waals surface area contributed by atoms with Crippen molar-refractivity contribution in [3.63, 3.8) is 0 Å². The predicted molar refractivity (Wildman–Crippen MR) is 108 cm³/mol. The molecular formula is C20H27ClN4O2. The van der Waals surface area contributed by atoms with Gasteiger partial charge >= 0.3 is 6.09 Å². The number of piperidine rings is 1. The average Bonchev–Trinajstić information content (AvgIpc) is 2.61. The lowest BCUT2D eigenvalue weighted by atomic mass is 10.0. The molecular weight excluding hydrogens is 364 g/mol. The van der Waals surface area contributed by atoms with Crippen molar-refractivity contribution in [3.8, 4) is 0 Å². The van der Waals surface area contributed by atoms with Crippen LogP contribution in [0.1, 0.15) is 46.2 Å². The van der Waals surface area contributed by atoms with Gasteiger partial charge in [0.15, 0.2) is 0 Å². The summed E-state index contributed by atoms with van der Waals surface area (Å²) in [5.41, 5.74) is 3.13. The molecule has 0 unspecified atom stereocenters. The van der Waals surface area contributed by atoms with E-state index in [1.807, 2.05) is 32.9 Å². The van der Waals surface area contributed by atoms with Crippen LogP contribution in [0.2, 0.25) is 5.15 Å². The topological polar surface area (TPSA) is 67.4 Å². The van der Waals surface area contributed by atoms with E-state index in [1.54, 1.807) is 11.0 Å². The fourth-order valence-corrected chi connectivity index (χ4v) is 3.33. The van der Waals surface area contributed by atoms with E-state index < -0.39 is 5.60 Å². The lowest BCUT2D eigenvalue weighted by Crippen LogP contribution is -2.44. The highest BCUT2D eigenvalue weighted by Crippen LogP contribution is 2.26. The molecule has 6 nitrogen and oxygen atoms in total. The highest BCUT2D eigenvalue weighted by atomic mass is 35.5. The Morgan fingerprint density at radius 3 is 2.63 bits per heavy atom. The molecule has 1 N–H and O–H groups in total. The van der Waals surface area contributed by atoms with E-state index in [-0.39, 0.29) is 12.1 Å². The van der Waals surface area contributed by atoms with Crippen LogP contribution >= 0.6 is 11.6 Å². The number of aryl methyl sites for hydroxylation is 1. The smallest absolute Gasteiger partial charge is 0.410 e. The van der Waals surface area contributed by atoms with Crippen molar-refractivity contribution in [3.05, 3.63) is 29.0 Å². The number of carbonyl (C=O) groups is 1. The molecule has 1 saturated heterocycles. The van der Waals surface area contributed by atoms with Gasteiger partial charge in [-0.1, -0.05) is 18.5 Å². The number of hydrogen-bond donors (Lipinski definition) is 1. The van der Waals surface area contributed by atoms with Crippen LogP contribution in [-0.2, 0) is 11.2 Å². The van der Waals surface area contributed by atoms with Crippen molar-refractivity contribution < 1.29 is 9.53 Å². The summed E-state index contributed by atoms with van der Waals surface area (Å²) < 4.78 is 5.47. The molecule has 0 spiro atoms. The Balaban J connectivity index is 1.70. The van der Waals surface area contributed by atoms with Crippen LogP contribution in [0, 0.1) is 0 Å². The average molecular weight is 391 g/mol. The number of ether oxygens (including phenoxy) is 1. The Labute approximate surface area is 165 Å². The first-order valence-corrected chi connectivity index (χ1v) is 9.83. The highest BCUT2D eigenvalue weighted by molar-refractivity contribution is 6.29. The standard InChI is InChI=1S/C20H27ClN4O2/c1-5-13-12-16(18-15(22-13)6-7-17(21)24-18)23-14-8-10-25(11-9-14)19(26)27-20(2,3)4/h6-7,12,14H,5,8-11H2,1-4H3,(H,22,23). The van der Waals surface area contributed by atoms with E-state index >= 15 is 0 Å². The van der Waals surface area contributed by atoms with E-state index in [2.05, 4.69) is 22.2 Å². The van der Waals surface area contributed by atoms with Gasteiger partial charge in [-0.15, -0.1) is 0 Å². The minimum atomic E-state index is -0.469. The Hall–Kier alpha value is -2.08. The molecule has 3 rings (SSSR count). The van der Waals surface area contributed by atoms with Crippen LogP contribution in [0.15, 0.2) is 18.2 Å². The van der Waals surface area contributed by atoms with Gasteiger partial charge in [0.05, 0.1) is 11.2 Å². The van der Waals surface area contributed by atoms with Crippen LogP contribution in [0.4, 0.5) is 10.5 Å². The minimum absolute atomic E-state index is 0.239. The van der Waals surface area contributed by atoms with Gasteiger partial charge in [0, 0.05) is 24.8 Å². The molecule has 0 radical (unpaired) electrons. The number of aromatic nitrogens is 2. The van der Waals surface area contributed by atoms with Gasteiger partial charge in [-0.05, 0) is 58.2 Å². The summed E-state index contributed by atoms with van der Waals surface area (Å²) in [4.78, 5) is 23.1. The zero-order valence-corrected chi connectivity index (χ0v) is 17.1. The molecule has 2 aromatic heterocycles. The third kappa shape index (κ3) is 5.01. The van der Waals surface area contributed by atoms with E-state index in [1.165, 1.54) is 0 Å². The first kappa shape index (κ1) is 19.7. The Morgan fingerprint density at radius 1 is 1.30 bits per heavy atom. The second-order valence-corrected chi connectivity index (χ2v) is 8.29. The van der Waals surface area contributed by atoms with Crippen molar-refractivity contribution in [2.24, 2.45) is 0 Å². The SMILES string of the molecule is CCc1cc(NC2CCN(C(=O)OC(C)(C)C)CC2)c2nc(Cl)ccc2n1. The molecule has 0 bridgehead atoms. The molecule has 2 aromatic rings. The maximum absolute atomic E-state index is 12.2. The fourth-order valence-electron chi connectivity index (χ4n) is 3.18. The number of nitrogens with zero attached hydrogens (tertiary/aromatic N) is 3. The largest absolute Gasteiger partial charge is 0.444 e. The summed E-state index contributed by atoms with van der Waals surface area (Å²) in [5, 5.41) is 4.05. The molecule has 1 aliphatic rings. The summed E-state index contributed by atoms with van der Waals surface area (Å²) in [6, 6.07) is 5.98. The van der Waals surface area contributed by atoms with Crippen LogP contribution in [0.5, 0.6) is 0 Å². The number of amides is 1. The van der Waals surface area contributed by atoms with Crippen LogP contribution < -0.4 is 5.32 Å². The summed E-state index contributed by atoms with van der Waals surface area (Å²) in [7, 11) is 0. The van der Waals surface area contributed by atoms with Gasteiger partial charge in [0.25, 0.3) is 0 Å². The van der Waals surface area contributed by atoms with E-state index in [4.69, 9.17) is 16.3 Å². The predicted octanol–water partition coefficient (Wildman–Crippen LogP) is 4.66. The van der Waals surface area contributed by atoms with Gasteiger partial charge in [-0.3, -0.25) is 4.98 Å². The van der Waals surface area contributed by atoms with Crippen molar-refractivity contribution in [2.75, 3.05) is 18.4 Å². The minimum Gasteiger partial charge on any atom is -0.444 e. The summed E-state index contributed by atoms with van der Waals surface area (Å²) in [6.07, 6.45) is 2.32. The lowest BCUT2D eigenvalue weighted by molar-refractivity contribution is 0.0210. The molecule has 0 aromatic carbocycles. The third-order valence-electron chi connectivity index (χ3n) is 4.54.